The predicted octanol–water partition coefficient (Wildman–Crippen LogP) is 6.48. The standard InChI is InChI=1S/C29H37N3O3/c1-2-3-4-5-9-16-27-30-32(24-12-7-6-8-13-24)29(35)31(27)21-22-17-19-23(20-18-22)25-14-10-11-15-26(25)28(33)34/h10-11,14-15,17-20,24H,2-9,12-13,16,21H2,1H3,(H,33,34). The summed E-state index contributed by atoms with van der Waals surface area (Å²) in [5.74, 6) is -0.0488. The Kier molecular flexibility index (Phi) is 8.56. The van der Waals surface area contributed by atoms with Crippen LogP contribution in [0, 0.1) is 0 Å². The van der Waals surface area contributed by atoms with Gasteiger partial charge in [-0.3, -0.25) is 4.57 Å². The lowest BCUT2D eigenvalue weighted by molar-refractivity contribution is 0.0697. The van der Waals surface area contributed by atoms with Crippen LogP contribution < -0.4 is 5.69 Å². The van der Waals surface area contributed by atoms with Crippen LogP contribution in [0.2, 0.25) is 0 Å². The average Bonchev–Trinajstić information content (AvgIpc) is 3.19. The minimum atomic E-state index is -0.935. The van der Waals surface area contributed by atoms with Crippen molar-refractivity contribution in [2.24, 2.45) is 0 Å². The van der Waals surface area contributed by atoms with Crippen molar-refractivity contribution in [1.82, 2.24) is 14.3 Å². The third kappa shape index (κ3) is 6.11. The summed E-state index contributed by atoms with van der Waals surface area (Å²) < 4.78 is 3.62. The first kappa shape index (κ1) is 25.0. The van der Waals surface area contributed by atoms with Crippen LogP contribution in [0.5, 0.6) is 0 Å². The van der Waals surface area contributed by atoms with Crippen molar-refractivity contribution in [3.63, 3.8) is 0 Å². The second-order valence-corrected chi connectivity index (χ2v) is 9.73. The van der Waals surface area contributed by atoms with E-state index in [-0.39, 0.29) is 17.3 Å². The van der Waals surface area contributed by atoms with E-state index in [0.717, 1.165) is 61.9 Å². The summed E-state index contributed by atoms with van der Waals surface area (Å²) in [5.41, 5.74) is 2.85. The molecule has 0 amide bonds. The second-order valence-electron chi connectivity index (χ2n) is 9.73. The molecular weight excluding hydrogens is 438 g/mol. The molecule has 0 atom stereocenters. The van der Waals surface area contributed by atoms with Gasteiger partial charge in [0.2, 0.25) is 0 Å². The topological polar surface area (TPSA) is 77.1 Å². The molecule has 1 aliphatic carbocycles. The molecule has 2 aromatic carbocycles. The number of hydrogen-bond acceptors (Lipinski definition) is 3. The Morgan fingerprint density at radius 2 is 1.69 bits per heavy atom. The fourth-order valence-electron chi connectivity index (χ4n) is 5.14. The lowest BCUT2D eigenvalue weighted by Crippen LogP contribution is -2.30. The number of hydrogen-bond donors (Lipinski definition) is 1. The lowest BCUT2D eigenvalue weighted by Gasteiger charge is -2.20. The van der Waals surface area contributed by atoms with Gasteiger partial charge in [-0.05, 0) is 42.0 Å². The van der Waals surface area contributed by atoms with Crippen molar-refractivity contribution in [3.8, 4) is 11.1 Å². The van der Waals surface area contributed by atoms with Gasteiger partial charge in [0.05, 0.1) is 18.2 Å². The van der Waals surface area contributed by atoms with Crippen LogP contribution in [0.25, 0.3) is 11.1 Å². The maximum atomic E-state index is 13.4. The van der Waals surface area contributed by atoms with E-state index in [9.17, 15) is 14.7 Å². The molecule has 1 aliphatic rings. The van der Waals surface area contributed by atoms with Gasteiger partial charge < -0.3 is 5.11 Å². The van der Waals surface area contributed by atoms with E-state index < -0.39 is 5.97 Å². The highest BCUT2D eigenvalue weighted by Crippen LogP contribution is 2.27. The molecule has 4 rings (SSSR count). The zero-order valence-corrected chi connectivity index (χ0v) is 20.8. The van der Waals surface area contributed by atoms with Crippen molar-refractivity contribution in [3.05, 3.63) is 76.0 Å². The first-order valence-electron chi connectivity index (χ1n) is 13.2. The van der Waals surface area contributed by atoms with Crippen LogP contribution in [0.3, 0.4) is 0 Å². The molecule has 35 heavy (non-hydrogen) atoms. The molecule has 0 saturated heterocycles. The van der Waals surface area contributed by atoms with E-state index in [1.807, 2.05) is 41.0 Å². The zero-order chi connectivity index (χ0) is 24.6. The highest BCUT2D eigenvalue weighted by Gasteiger charge is 2.22. The summed E-state index contributed by atoms with van der Waals surface area (Å²) in [6.45, 7) is 2.70. The average molecular weight is 476 g/mol. The van der Waals surface area contributed by atoms with Crippen LogP contribution in [-0.2, 0) is 13.0 Å². The monoisotopic (exact) mass is 475 g/mol. The van der Waals surface area contributed by atoms with E-state index in [4.69, 9.17) is 5.10 Å². The summed E-state index contributed by atoms with van der Waals surface area (Å²) in [7, 11) is 0. The molecule has 186 valence electrons. The summed E-state index contributed by atoms with van der Waals surface area (Å²) in [4.78, 5) is 25.0. The Hall–Kier alpha value is -3.15. The highest BCUT2D eigenvalue weighted by atomic mass is 16.4. The van der Waals surface area contributed by atoms with E-state index in [0.29, 0.717) is 12.1 Å². The van der Waals surface area contributed by atoms with E-state index >= 15 is 0 Å². The van der Waals surface area contributed by atoms with E-state index in [1.165, 1.54) is 25.7 Å². The van der Waals surface area contributed by atoms with Crippen molar-refractivity contribution in [2.45, 2.75) is 90.1 Å². The van der Waals surface area contributed by atoms with Crippen molar-refractivity contribution in [2.75, 3.05) is 0 Å². The molecule has 1 saturated carbocycles. The van der Waals surface area contributed by atoms with Crippen molar-refractivity contribution >= 4 is 5.97 Å². The summed E-state index contributed by atoms with van der Waals surface area (Å²) >= 11 is 0. The van der Waals surface area contributed by atoms with Gasteiger partial charge in [0.15, 0.2) is 0 Å². The number of rotatable bonds is 11. The Bertz CT molecular complexity index is 1170. The molecular formula is C29H37N3O3. The summed E-state index contributed by atoms with van der Waals surface area (Å²) in [6.07, 6.45) is 12.4. The van der Waals surface area contributed by atoms with Gasteiger partial charge in [-0.1, -0.05) is 94.3 Å². The van der Waals surface area contributed by atoms with Gasteiger partial charge in [0, 0.05) is 6.42 Å². The van der Waals surface area contributed by atoms with Crippen molar-refractivity contribution < 1.29 is 9.90 Å². The number of aromatic carboxylic acids is 1. The molecule has 1 heterocycles. The van der Waals surface area contributed by atoms with Gasteiger partial charge in [-0.2, -0.15) is 5.10 Å². The quantitative estimate of drug-likeness (QED) is 0.322. The van der Waals surface area contributed by atoms with Gasteiger partial charge in [0.1, 0.15) is 5.82 Å². The number of unbranched alkanes of at least 4 members (excludes halogenated alkanes) is 4. The summed E-state index contributed by atoms with van der Waals surface area (Å²) in [5, 5.41) is 14.4. The fraction of sp³-hybridized carbons (Fsp3) is 0.483. The lowest BCUT2D eigenvalue weighted by atomic mass is 9.96. The molecule has 0 unspecified atom stereocenters. The summed E-state index contributed by atoms with van der Waals surface area (Å²) in [6, 6.07) is 15.1. The molecule has 6 nitrogen and oxygen atoms in total. The first-order valence-corrected chi connectivity index (χ1v) is 13.2. The van der Waals surface area contributed by atoms with Crippen LogP contribution in [0.1, 0.15) is 98.9 Å². The van der Waals surface area contributed by atoms with Gasteiger partial charge >= 0.3 is 11.7 Å². The van der Waals surface area contributed by atoms with Crippen LogP contribution in [0.4, 0.5) is 0 Å². The molecule has 1 N–H and O–H groups in total. The first-order chi connectivity index (χ1) is 17.1. The number of aromatic nitrogens is 3. The number of carboxylic acid groups (broad SMARTS) is 1. The maximum absolute atomic E-state index is 13.4. The number of nitrogens with zero attached hydrogens (tertiary/aromatic N) is 3. The molecule has 0 radical (unpaired) electrons. The smallest absolute Gasteiger partial charge is 0.346 e. The minimum absolute atomic E-state index is 0.000701. The largest absolute Gasteiger partial charge is 0.478 e. The molecule has 0 aliphatic heterocycles. The molecule has 1 fully saturated rings. The van der Waals surface area contributed by atoms with Crippen LogP contribution >= 0.6 is 0 Å². The number of carboxylic acids is 1. The van der Waals surface area contributed by atoms with Gasteiger partial charge in [-0.15, -0.1) is 0 Å². The molecule has 1 aromatic heterocycles. The minimum Gasteiger partial charge on any atom is -0.478 e. The van der Waals surface area contributed by atoms with Crippen molar-refractivity contribution in [1.29, 1.82) is 0 Å². The molecule has 0 spiro atoms. The van der Waals surface area contributed by atoms with Crippen LogP contribution in [0.15, 0.2) is 53.3 Å². The fourth-order valence-corrected chi connectivity index (χ4v) is 5.14. The van der Waals surface area contributed by atoms with Gasteiger partial charge in [-0.25, -0.2) is 14.3 Å². The Morgan fingerprint density at radius 3 is 2.40 bits per heavy atom. The Balaban J connectivity index is 1.56. The number of carbonyl (C=O) groups is 1. The van der Waals surface area contributed by atoms with Crippen LogP contribution in [-0.4, -0.2) is 25.4 Å². The highest BCUT2D eigenvalue weighted by molar-refractivity contribution is 5.95. The third-order valence-corrected chi connectivity index (χ3v) is 7.15. The van der Waals surface area contributed by atoms with Gasteiger partial charge in [0.25, 0.3) is 0 Å². The second kappa shape index (κ2) is 12.0. The maximum Gasteiger partial charge on any atom is 0.346 e. The predicted molar refractivity (Wildman–Crippen MR) is 139 cm³/mol. The molecule has 3 aromatic rings. The third-order valence-electron chi connectivity index (χ3n) is 7.15. The number of benzene rings is 2. The molecule has 0 bridgehead atoms. The van der Waals surface area contributed by atoms with E-state index in [2.05, 4.69) is 6.92 Å². The normalized spacial score (nSPS) is 14.3. The van der Waals surface area contributed by atoms with E-state index in [1.54, 1.807) is 16.8 Å². The SMILES string of the molecule is CCCCCCCc1nn(C2CCCCC2)c(=O)n1Cc1ccc(-c2ccccc2C(=O)O)cc1. The molecule has 6 heteroatoms. The Labute approximate surface area is 207 Å². The number of aryl methyl sites for hydroxylation is 1. The zero-order valence-electron chi connectivity index (χ0n) is 20.8. The Morgan fingerprint density at radius 1 is 0.971 bits per heavy atom.